The van der Waals surface area contributed by atoms with Crippen molar-refractivity contribution >= 4 is 49.3 Å². The van der Waals surface area contributed by atoms with E-state index in [1.165, 1.54) is 6.07 Å². The van der Waals surface area contributed by atoms with Gasteiger partial charge in [0, 0.05) is 32.7 Å². The van der Waals surface area contributed by atoms with Crippen LogP contribution >= 0.6 is 0 Å². The van der Waals surface area contributed by atoms with Crippen LogP contribution in [-0.4, -0.2) is 9.13 Å². The number of nitrogens with zero attached hydrogens (tertiary/aromatic N) is 4. The lowest BCUT2D eigenvalue weighted by molar-refractivity contribution is -0.137. The number of fused-ring (bicyclic) bond motifs is 6. The molecule has 4 nitrogen and oxygen atoms in total. The molecular weight excluding hydrogens is 629 g/mol. The van der Waals surface area contributed by atoms with Crippen molar-refractivity contribution < 1.29 is 13.2 Å². The highest BCUT2D eigenvalue weighted by molar-refractivity contribution is 6.12. The van der Waals surface area contributed by atoms with Crippen LogP contribution in [0.3, 0.4) is 0 Å². The molecule has 0 saturated carbocycles. The fraction of sp³-hybridized carbons (Fsp3) is 0.116. The third-order valence-electron chi connectivity index (χ3n) is 9.53. The molecule has 8 aromatic rings. The van der Waals surface area contributed by atoms with E-state index in [9.17, 15) is 18.4 Å². The largest absolute Gasteiger partial charge is 0.415 e. The Morgan fingerprint density at radius 2 is 0.980 bits per heavy atom. The van der Waals surface area contributed by atoms with Gasteiger partial charge in [-0.05, 0) is 110 Å². The Balaban J connectivity index is 1.65. The SMILES string of the molecule is [C-]#[N+]c1cc(-c2c(-n3c4cc(C)ccc4c4ccc(C)cc43)cc(C#N)cc2-n2c3cc(C)ccc3c3ccc(C)cc32)cc(C(F)(F)F)c1. The van der Waals surface area contributed by atoms with Gasteiger partial charge in [-0.15, -0.1) is 0 Å². The standard InChI is InChI=1S/C43H29F3N4/c1-24-6-10-32-33-11-7-25(2)15-37(33)49(36(32)14-24)40-18-28(23-47)19-41(42(40)29-20-30(43(44,45)46)22-31(21-29)48-5)50-38-16-26(3)8-12-34(38)35-13-9-27(4)17-39(35)50/h6-22H,1-4H3. The molecule has 0 fully saturated rings. The molecule has 6 aromatic carbocycles. The monoisotopic (exact) mass is 658 g/mol. The Bertz CT molecular complexity index is 2550. The predicted octanol–water partition coefficient (Wildman–Crippen LogP) is 12.2. The number of rotatable bonds is 3. The first-order chi connectivity index (χ1) is 23.9. The van der Waals surface area contributed by atoms with Crippen LogP contribution in [-0.2, 0) is 6.18 Å². The molecule has 0 unspecified atom stereocenters. The summed E-state index contributed by atoms with van der Waals surface area (Å²) < 4.78 is 47.7. The third kappa shape index (κ3) is 4.82. The first-order valence-corrected chi connectivity index (χ1v) is 16.2. The van der Waals surface area contributed by atoms with E-state index in [0.717, 1.165) is 78.0 Å². The molecular formula is C43H29F3N4. The number of benzene rings is 6. The first kappa shape index (κ1) is 31.0. The van der Waals surface area contributed by atoms with E-state index < -0.39 is 11.7 Å². The highest BCUT2D eigenvalue weighted by Gasteiger charge is 2.32. The normalized spacial score (nSPS) is 11.9. The lowest BCUT2D eigenvalue weighted by Crippen LogP contribution is -2.08. The van der Waals surface area contributed by atoms with Crippen LogP contribution in [0.1, 0.15) is 33.4 Å². The Hall–Kier alpha value is -6.31. The summed E-state index contributed by atoms with van der Waals surface area (Å²) >= 11 is 0. The minimum absolute atomic E-state index is 0.126. The quantitative estimate of drug-likeness (QED) is 0.174. The van der Waals surface area contributed by atoms with Gasteiger partial charge in [0.25, 0.3) is 0 Å². The van der Waals surface area contributed by atoms with Crippen LogP contribution in [0, 0.1) is 45.6 Å². The van der Waals surface area contributed by atoms with Gasteiger partial charge in [0.05, 0.1) is 51.6 Å². The summed E-state index contributed by atoms with van der Waals surface area (Å²) in [5.74, 6) is 0. The summed E-state index contributed by atoms with van der Waals surface area (Å²) in [7, 11) is 0. The number of alkyl halides is 3. The summed E-state index contributed by atoms with van der Waals surface area (Å²) in [5, 5.41) is 14.5. The minimum atomic E-state index is -4.69. The maximum absolute atomic E-state index is 14.5. The minimum Gasteiger partial charge on any atom is -0.308 e. The number of aromatic nitrogens is 2. The second-order valence-electron chi connectivity index (χ2n) is 13.1. The molecule has 0 atom stereocenters. The van der Waals surface area contributed by atoms with Crippen LogP contribution in [0.5, 0.6) is 0 Å². The zero-order valence-electron chi connectivity index (χ0n) is 27.7. The van der Waals surface area contributed by atoms with E-state index >= 15 is 0 Å². The molecule has 242 valence electrons. The van der Waals surface area contributed by atoms with E-state index in [2.05, 4.69) is 68.6 Å². The Morgan fingerprint density at radius 1 is 0.580 bits per heavy atom. The lowest BCUT2D eigenvalue weighted by atomic mass is 9.95. The smallest absolute Gasteiger partial charge is 0.308 e. The van der Waals surface area contributed by atoms with Gasteiger partial charge in [-0.2, -0.15) is 18.4 Å². The fourth-order valence-electron chi connectivity index (χ4n) is 7.30. The van der Waals surface area contributed by atoms with Crippen LogP contribution in [0.25, 0.3) is 71.0 Å². The molecule has 0 N–H and O–H groups in total. The van der Waals surface area contributed by atoms with Gasteiger partial charge in [0.2, 0.25) is 0 Å². The van der Waals surface area contributed by atoms with Crippen LogP contribution in [0.4, 0.5) is 18.9 Å². The molecule has 0 spiro atoms. The van der Waals surface area contributed by atoms with Crippen LogP contribution in [0.15, 0.2) is 103 Å². The van der Waals surface area contributed by atoms with E-state index in [1.807, 2.05) is 52.0 Å². The van der Waals surface area contributed by atoms with Crippen molar-refractivity contribution in [1.29, 1.82) is 5.26 Å². The maximum atomic E-state index is 14.5. The van der Waals surface area contributed by atoms with Crippen LogP contribution < -0.4 is 0 Å². The predicted molar refractivity (Wildman–Crippen MR) is 195 cm³/mol. The molecule has 0 aliphatic heterocycles. The summed E-state index contributed by atoms with van der Waals surface area (Å²) in [6.07, 6.45) is -4.69. The molecule has 0 amide bonds. The average molecular weight is 659 g/mol. The molecule has 2 heterocycles. The van der Waals surface area contributed by atoms with Gasteiger partial charge in [-0.25, -0.2) is 4.85 Å². The van der Waals surface area contributed by atoms with E-state index in [1.54, 1.807) is 12.1 Å². The maximum Gasteiger partial charge on any atom is 0.415 e. The molecule has 0 radical (unpaired) electrons. The summed E-state index contributed by atoms with van der Waals surface area (Å²) in [5.41, 5.74) is 8.59. The number of aryl methyl sites for hydroxylation is 4. The van der Waals surface area contributed by atoms with Crippen molar-refractivity contribution in [2.24, 2.45) is 0 Å². The Labute approximate surface area is 286 Å². The third-order valence-corrected chi connectivity index (χ3v) is 9.53. The van der Waals surface area contributed by atoms with Crippen molar-refractivity contribution in [3.63, 3.8) is 0 Å². The van der Waals surface area contributed by atoms with E-state index in [0.29, 0.717) is 22.5 Å². The average Bonchev–Trinajstić information content (AvgIpc) is 3.57. The number of nitriles is 1. The lowest BCUT2D eigenvalue weighted by Gasteiger charge is -2.22. The number of halogens is 3. The Kier molecular flexibility index (Phi) is 6.89. The number of hydrogen-bond acceptors (Lipinski definition) is 1. The van der Waals surface area contributed by atoms with Gasteiger partial charge in [0.15, 0.2) is 5.69 Å². The Morgan fingerprint density at radius 3 is 1.32 bits per heavy atom. The zero-order chi connectivity index (χ0) is 35.1. The highest BCUT2D eigenvalue weighted by atomic mass is 19.4. The van der Waals surface area contributed by atoms with Gasteiger partial charge in [-0.1, -0.05) is 48.5 Å². The van der Waals surface area contributed by atoms with E-state index in [-0.39, 0.29) is 11.3 Å². The molecule has 0 saturated heterocycles. The van der Waals surface area contributed by atoms with Gasteiger partial charge >= 0.3 is 6.18 Å². The molecule has 2 aromatic heterocycles. The summed E-state index contributed by atoms with van der Waals surface area (Å²) in [6.45, 7) is 15.8. The molecule has 50 heavy (non-hydrogen) atoms. The first-order valence-electron chi connectivity index (χ1n) is 16.2. The highest BCUT2D eigenvalue weighted by Crippen LogP contribution is 2.45. The summed E-state index contributed by atoms with van der Waals surface area (Å²) in [4.78, 5) is 3.48. The molecule has 0 aliphatic carbocycles. The second-order valence-corrected chi connectivity index (χ2v) is 13.1. The van der Waals surface area contributed by atoms with Crippen molar-refractivity contribution in [2.75, 3.05) is 0 Å². The zero-order valence-corrected chi connectivity index (χ0v) is 27.7. The van der Waals surface area contributed by atoms with Crippen molar-refractivity contribution in [1.82, 2.24) is 9.13 Å². The molecule has 8 rings (SSSR count). The van der Waals surface area contributed by atoms with Crippen molar-refractivity contribution in [3.8, 4) is 28.6 Å². The fourth-order valence-corrected chi connectivity index (χ4v) is 7.30. The summed E-state index contributed by atoms with van der Waals surface area (Å²) in [6, 6.07) is 34.1. The second kappa shape index (κ2) is 11.1. The number of hydrogen-bond donors (Lipinski definition) is 0. The topological polar surface area (TPSA) is 38.0 Å². The molecule has 0 bridgehead atoms. The van der Waals surface area contributed by atoms with Crippen LogP contribution in [0.2, 0.25) is 0 Å². The van der Waals surface area contributed by atoms with Gasteiger partial charge in [-0.3, -0.25) is 0 Å². The van der Waals surface area contributed by atoms with Crippen molar-refractivity contribution in [2.45, 2.75) is 33.9 Å². The molecule has 7 heteroatoms. The van der Waals surface area contributed by atoms with Gasteiger partial charge in [0.1, 0.15) is 0 Å². The van der Waals surface area contributed by atoms with E-state index in [4.69, 9.17) is 6.57 Å². The van der Waals surface area contributed by atoms with Gasteiger partial charge < -0.3 is 9.13 Å². The van der Waals surface area contributed by atoms with Crippen molar-refractivity contribution in [3.05, 3.63) is 148 Å². The molecule has 0 aliphatic rings.